The van der Waals surface area contributed by atoms with Crippen molar-refractivity contribution in [1.29, 1.82) is 0 Å². The summed E-state index contributed by atoms with van der Waals surface area (Å²) in [5.74, 6) is -4.92. The summed E-state index contributed by atoms with van der Waals surface area (Å²) in [5, 5.41) is 4.95. The summed E-state index contributed by atoms with van der Waals surface area (Å²) in [7, 11) is 1.35. The van der Waals surface area contributed by atoms with Crippen molar-refractivity contribution in [2.45, 2.75) is 32.1 Å². The van der Waals surface area contributed by atoms with Gasteiger partial charge in [0.15, 0.2) is 0 Å². The Labute approximate surface area is 247 Å². The second kappa shape index (κ2) is 11.1. The number of alkyl halides is 5. The fourth-order valence-electron chi connectivity index (χ4n) is 5.16. The molecule has 0 radical (unpaired) electrons. The number of hydrogen-bond acceptors (Lipinski definition) is 3. The van der Waals surface area contributed by atoms with E-state index in [9.17, 15) is 45.1 Å². The molecule has 0 saturated heterocycles. The molecule has 0 aliphatic carbocycles. The number of benzene rings is 3. The Morgan fingerprint density at radius 3 is 2.43 bits per heavy atom. The van der Waals surface area contributed by atoms with Crippen LogP contribution < -0.4 is 16.3 Å². The van der Waals surface area contributed by atoms with E-state index in [2.05, 4.69) is 15.6 Å². The average Bonchev–Trinajstić information content (AvgIpc) is 3.38. The van der Waals surface area contributed by atoms with Crippen molar-refractivity contribution in [2.24, 2.45) is 12.0 Å². The number of aromatic nitrogens is 2. The van der Waals surface area contributed by atoms with Gasteiger partial charge in [-0.05, 0) is 42.5 Å². The molecule has 1 atom stereocenters. The van der Waals surface area contributed by atoms with Crippen LogP contribution in [0.3, 0.4) is 0 Å². The number of anilines is 1. The molecular formula is C28H19ClF7N5O3. The largest absolute Gasteiger partial charge is 0.416 e. The van der Waals surface area contributed by atoms with E-state index in [1.807, 2.05) is 0 Å². The van der Waals surface area contributed by atoms with Crippen molar-refractivity contribution in [3.63, 3.8) is 0 Å². The van der Waals surface area contributed by atoms with E-state index >= 15 is 0 Å². The molecule has 8 nitrogen and oxygen atoms in total. The molecule has 1 aliphatic rings. The number of hydrogen-bond donors (Lipinski definition) is 2. The van der Waals surface area contributed by atoms with Crippen molar-refractivity contribution in [2.75, 3.05) is 5.32 Å². The molecule has 2 N–H and O–H groups in total. The maximum atomic E-state index is 14.3. The van der Waals surface area contributed by atoms with Crippen LogP contribution >= 0.6 is 11.6 Å². The molecular weight excluding hydrogens is 623 g/mol. The van der Waals surface area contributed by atoms with E-state index < -0.39 is 65.7 Å². The molecule has 3 aromatic carbocycles. The van der Waals surface area contributed by atoms with Gasteiger partial charge >= 0.3 is 6.18 Å². The molecule has 0 saturated carbocycles. The molecule has 16 heteroatoms. The molecule has 0 fully saturated rings. The Bertz CT molecular complexity index is 1950. The topological polar surface area (TPSA) is 97.5 Å². The SMILES string of the molecule is CC(=O)N=c1n(C)c2c3c(c(NC(=O)c4cc(F)cc(C(F)(F)F)c4)cc2n1CC(F)F)C(c1cc(F)ccc1Cl)NC3=O. The summed E-state index contributed by atoms with van der Waals surface area (Å²) in [6, 6.07) is 4.34. The first-order chi connectivity index (χ1) is 20.6. The van der Waals surface area contributed by atoms with Crippen LogP contribution in [0.2, 0.25) is 5.02 Å². The third-order valence-electron chi connectivity index (χ3n) is 6.86. The van der Waals surface area contributed by atoms with Gasteiger partial charge in [-0.3, -0.25) is 14.4 Å². The summed E-state index contributed by atoms with van der Waals surface area (Å²) in [6.07, 6.45) is -7.97. The van der Waals surface area contributed by atoms with Crippen LogP contribution in [0.15, 0.2) is 47.5 Å². The average molecular weight is 642 g/mol. The first kappa shape index (κ1) is 30.8. The quantitative estimate of drug-likeness (QED) is 0.273. The van der Waals surface area contributed by atoms with Crippen molar-refractivity contribution < 1.29 is 45.1 Å². The second-order valence-corrected chi connectivity index (χ2v) is 10.2. The minimum Gasteiger partial charge on any atom is -0.341 e. The van der Waals surface area contributed by atoms with E-state index in [0.717, 1.165) is 29.7 Å². The number of fused-ring (bicyclic) bond motifs is 3. The fraction of sp³-hybridized carbons (Fsp3) is 0.214. The van der Waals surface area contributed by atoms with Gasteiger partial charge in [0.1, 0.15) is 11.6 Å². The standard InChI is InChI=1S/C28H19ClF7N5O3/c1-11(42)37-27-40(2)24-19(41(27)10-20(32)33)9-18(38-25(43)12-5-13(28(34,35)36)7-15(31)6-12)21-22(24)26(44)39-23(21)16-8-14(30)3-4-17(16)29/h3-9,20,23H,10H2,1-2H3,(H,38,43)(H,39,44). The normalized spacial score (nSPS) is 15.2. The van der Waals surface area contributed by atoms with Crippen molar-refractivity contribution in [3.05, 3.63) is 92.6 Å². The zero-order valence-electron chi connectivity index (χ0n) is 22.5. The van der Waals surface area contributed by atoms with Gasteiger partial charge in [-0.25, -0.2) is 17.6 Å². The first-order valence-corrected chi connectivity index (χ1v) is 13.0. The van der Waals surface area contributed by atoms with E-state index in [-0.39, 0.29) is 50.1 Å². The number of amides is 3. The van der Waals surface area contributed by atoms with Gasteiger partial charge in [-0.15, -0.1) is 0 Å². The summed E-state index contributed by atoms with van der Waals surface area (Å²) < 4.78 is 98.0. The lowest BCUT2D eigenvalue weighted by Gasteiger charge is -2.19. The molecule has 5 rings (SSSR count). The number of rotatable bonds is 5. The molecule has 0 bridgehead atoms. The minimum atomic E-state index is -4.99. The molecule has 44 heavy (non-hydrogen) atoms. The number of halogens is 8. The van der Waals surface area contributed by atoms with Crippen LogP contribution in [-0.4, -0.2) is 33.3 Å². The fourth-order valence-corrected chi connectivity index (χ4v) is 5.38. The monoisotopic (exact) mass is 641 g/mol. The molecule has 1 unspecified atom stereocenters. The Morgan fingerprint density at radius 2 is 1.80 bits per heavy atom. The highest BCUT2D eigenvalue weighted by Crippen LogP contribution is 2.43. The lowest BCUT2D eigenvalue weighted by molar-refractivity contribution is -0.137. The zero-order valence-corrected chi connectivity index (χ0v) is 23.2. The second-order valence-electron chi connectivity index (χ2n) is 9.82. The van der Waals surface area contributed by atoms with E-state index in [1.54, 1.807) is 0 Å². The van der Waals surface area contributed by atoms with Crippen molar-refractivity contribution in [3.8, 4) is 0 Å². The van der Waals surface area contributed by atoms with Gasteiger partial charge in [-0.1, -0.05) is 11.6 Å². The van der Waals surface area contributed by atoms with E-state index in [0.29, 0.717) is 12.1 Å². The third-order valence-corrected chi connectivity index (χ3v) is 7.21. The van der Waals surface area contributed by atoms with Crippen LogP contribution in [0.25, 0.3) is 11.0 Å². The van der Waals surface area contributed by atoms with Gasteiger partial charge in [0.2, 0.25) is 11.5 Å². The first-order valence-electron chi connectivity index (χ1n) is 12.6. The summed E-state index contributed by atoms with van der Waals surface area (Å²) >= 11 is 6.32. The molecule has 230 valence electrons. The van der Waals surface area contributed by atoms with Crippen LogP contribution in [-0.2, 0) is 24.6 Å². The van der Waals surface area contributed by atoms with Crippen LogP contribution in [0.4, 0.5) is 36.4 Å². The zero-order chi connectivity index (χ0) is 32.2. The lowest BCUT2D eigenvalue weighted by atomic mass is 9.95. The predicted octanol–water partition coefficient (Wildman–Crippen LogP) is 5.73. The van der Waals surface area contributed by atoms with Gasteiger partial charge in [0.25, 0.3) is 18.2 Å². The Kier molecular flexibility index (Phi) is 7.78. The highest BCUT2D eigenvalue weighted by Gasteiger charge is 2.38. The summed E-state index contributed by atoms with van der Waals surface area (Å²) in [5.41, 5.74) is -3.08. The lowest BCUT2D eigenvalue weighted by Crippen LogP contribution is -2.28. The Balaban J connectivity index is 1.82. The molecule has 0 spiro atoms. The van der Waals surface area contributed by atoms with Crippen molar-refractivity contribution in [1.82, 2.24) is 14.5 Å². The maximum Gasteiger partial charge on any atom is 0.416 e. The number of aryl methyl sites for hydroxylation is 1. The number of carbonyl (C=O) groups excluding carboxylic acids is 3. The van der Waals surface area contributed by atoms with Crippen LogP contribution in [0.1, 0.15) is 50.4 Å². The number of imidazole rings is 1. The van der Waals surface area contributed by atoms with E-state index in [1.165, 1.54) is 17.7 Å². The van der Waals surface area contributed by atoms with Gasteiger partial charge in [0.05, 0.1) is 34.7 Å². The number of carbonyl (C=O) groups is 3. The van der Waals surface area contributed by atoms with Crippen LogP contribution in [0, 0.1) is 11.6 Å². The number of nitrogens with zero attached hydrogens (tertiary/aromatic N) is 3. The Hall–Kier alpha value is -4.66. The van der Waals surface area contributed by atoms with Crippen molar-refractivity contribution >= 4 is 46.0 Å². The highest BCUT2D eigenvalue weighted by molar-refractivity contribution is 6.31. The Morgan fingerprint density at radius 1 is 1.09 bits per heavy atom. The smallest absolute Gasteiger partial charge is 0.341 e. The maximum absolute atomic E-state index is 14.3. The van der Waals surface area contributed by atoms with Gasteiger partial charge in [0, 0.05) is 41.4 Å². The predicted molar refractivity (Wildman–Crippen MR) is 143 cm³/mol. The molecule has 1 aliphatic heterocycles. The molecule has 3 amide bonds. The third kappa shape index (κ3) is 5.54. The number of nitrogens with one attached hydrogen (secondary N) is 2. The van der Waals surface area contributed by atoms with Crippen LogP contribution in [0.5, 0.6) is 0 Å². The summed E-state index contributed by atoms with van der Waals surface area (Å²) in [6.45, 7) is 0.0680. The summed E-state index contributed by atoms with van der Waals surface area (Å²) in [4.78, 5) is 42.5. The molecule has 4 aromatic rings. The molecule has 2 heterocycles. The molecule has 1 aromatic heterocycles. The van der Waals surface area contributed by atoms with Gasteiger partial charge < -0.3 is 19.8 Å². The van der Waals surface area contributed by atoms with Gasteiger partial charge in [-0.2, -0.15) is 18.2 Å². The highest BCUT2D eigenvalue weighted by atomic mass is 35.5. The minimum absolute atomic E-state index is 0.00344. The van der Waals surface area contributed by atoms with E-state index in [4.69, 9.17) is 11.6 Å².